The highest BCUT2D eigenvalue weighted by Crippen LogP contribution is 2.17. The van der Waals surface area contributed by atoms with Gasteiger partial charge in [-0.25, -0.2) is 0 Å². The van der Waals surface area contributed by atoms with E-state index in [1.807, 2.05) is 4.90 Å². The minimum Gasteiger partial charge on any atom is -0.381 e. The van der Waals surface area contributed by atoms with E-state index in [4.69, 9.17) is 9.26 Å². The van der Waals surface area contributed by atoms with Gasteiger partial charge in [0.25, 0.3) is 0 Å². The third-order valence-corrected chi connectivity index (χ3v) is 4.93. The zero-order chi connectivity index (χ0) is 16.8. The third-order valence-electron chi connectivity index (χ3n) is 4.93. The average Bonchev–Trinajstić information content (AvgIpc) is 3.02. The predicted octanol–water partition coefficient (Wildman–Crippen LogP) is 1.27. The van der Waals surface area contributed by atoms with Gasteiger partial charge in [0.1, 0.15) is 0 Å². The number of carbonyl (C=O) groups is 1. The van der Waals surface area contributed by atoms with Crippen molar-refractivity contribution in [2.24, 2.45) is 5.92 Å². The maximum Gasteiger partial charge on any atom is 0.226 e. The lowest BCUT2D eigenvalue weighted by Crippen LogP contribution is -2.50. The predicted molar refractivity (Wildman–Crippen MR) is 88.5 cm³/mol. The molecule has 0 spiro atoms. The highest BCUT2D eigenvalue weighted by Gasteiger charge is 2.23. The Balaban J connectivity index is 1.32. The van der Waals surface area contributed by atoms with Crippen LogP contribution in [0, 0.1) is 12.8 Å². The molecule has 1 aromatic heterocycles. The zero-order valence-electron chi connectivity index (χ0n) is 14.6. The van der Waals surface area contributed by atoms with Crippen LogP contribution in [-0.4, -0.2) is 71.8 Å². The highest BCUT2D eigenvalue weighted by molar-refractivity contribution is 5.76. The van der Waals surface area contributed by atoms with Crippen molar-refractivity contribution in [2.45, 2.75) is 39.0 Å². The summed E-state index contributed by atoms with van der Waals surface area (Å²) in [5.74, 6) is 2.29. The SMILES string of the molecule is Cc1noc(CCCC(=O)N2CCN(CC3CCOCC3)CC2)n1. The van der Waals surface area contributed by atoms with Crippen LogP contribution in [0.15, 0.2) is 4.52 Å². The first-order chi connectivity index (χ1) is 11.7. The van der Waals surface area contributed by atoms with Crippen molar-refractivity contribution >= 4 is 5.91 Å². The average molecular weight is 336 g/mol. The van der Waals surface area contributed by atoms with Crippen LogP contribution in [0.25, 0.3) is 0 Å². The van der Waals surface area contributed by atoms with Crippen molar-refractivity contribution < 1.29 is 14.1 Å². The van der Waals surface area contributed by atoms with Crippen molar-refractivity contribution in [2.75, 3.05) is 45.9 Å². The Morgan fingerprint density at radius 2 is 1.96 bits per heavy atom. The number of nitrogens with zero attached hydrogens (tertiary/aromatic N) is 4. The lowest BCUT2D eigenvalue weighted by molar-refractivity contribution is -0.133. The number of hydrogen-bond acceptors (Lipinski definition) is 6. The van der Waals surface area contributed by atoms with E-state index < -0.39 is 0 Å². The molecule has 1 aromatic rings. The first kappa shape index (κ1) is 17.4. The Bertz CT molecular complexity index is 520. The molecule has 7 heteroatoms. The summed E-state index contributed by atoms with van der Waals surface area (Å²) < 4.78 is 10.5. The molecule has 0 aromatic carbocycles. The standard InChI is InChI=1S/C17H28N4O3/c1-14-18-16(24-19-14)3-2-4-17(22)21-9-7-20(8-10-21)13-15-5-11-23-12-6-15/h15H,2-13H2,1H3. The molecule has 3 rings (SSSR count). The van der Waals surface area contributed by atoms with E-state index in [9.17, 15) is 4.79 Å². The van der Waals surface area contributed by atoms with Gasteiger partial charge >= 0.3 is 0 Å². The lowest BCUT2D eigenvalue weighted by atomic mass is 9.99. The van der Waals surface area contributed by atoms with Crippen LogP contribution in [-0.2, 0) is 16.0 Å². The number of rotatable bonds is 6. The monoisotopic (exact) mass is 336 g/mol. The number of aryl methyl sites for hydroxylation is 2. The first-order valence-corrected chi connectivity index (χ1v) is 9.08. The summed E-state index contributed by atoms with van der Waals surface area (Å²) in [6, 6.07) is 0. The normalized spacial score (nSPS) is 20.5. The molecule has 2 aliphatic rings. The molecule has 0 N–H and O–H groups in total. The molecule has 0 aliphatic carbocycles. The topological polar surface area (TPSA) is 71.7 Å². The summed E-state index contributed by atoms with van der Waals surface area (Å²) in [6.45, 7) is 8.45. The Hall–Kier alpha value is -1.47. The molecule has 24 heavy (non-hydrogen) atoms. The fourth-order valence-electron chi connectivity index (χ4n) is 3.46. The number of hydrogen-bond donors (Lipinski definition) is 0. The molecular weight excluding hydrogens is 308 g/mol. The van der Waals surface area contributed by atoms with Crippen LogP contribution in [0.1, 0.15) is 37.4 Å². The zero-order valence-corrected chi connectivity index (χ0v) is 14.6. The molecule has 7 nitrogen and oxygen atoms in total. The van der Waals surface area contributed by atoms with Gasteiger partial charge in [0.15, 0.2) is 5.82 Å². The van der Waals surface area contributed by atoms with Gasteiger partial charge in [-0.05, 0) is 32.1 Å². The van der Waals surface area contributed by atoms with E-state index in [-0.39, 0.29) is 5.91 Å². The quantitative estimate of drug-likeness (QED) is 0.779. The Kier molecular flexibility index (Phi) is 6.20. The van der Waals surface area contributed by atoms with Gasteiger partial charge in [0, 0.05) is 58.8 Å². The van der Waals surface area contributed by atoms with E-state index in [2.05, 4.69) is 15.0 Å². The molecule has 0 unspecified atom stereocenters. The van der Waals surface area contributed by atoms with Gasteiger partial charge in [0.2, 0.25) is 11.8 Å². The van der Waals surface area contributed by atoms with Crippen molar-refractivity contribution in [3.63, 3.8) is 0 Å². The van der Waals surface area contributed by atoms with Gasteiger partial charge in [-0.3, -0.25) is 9.69 Å². The first-order valence-electron chi connectivity index (χ1n) is 9.08. The highest BCUT2D eigenvalue weighted by atomic mass is 16.5. The number of carbonyl (C=O) groups excluding carboxylic acids is 1. The summed E-state index contributed by atoms with van der Waals surface area (Å²) in [5.41, 5.74) is 0. The summed E-state index contributed by atoms with van der Waals surface area (Å²) in [7, 11) is 0. The van der Waals surface area contributed by atoms with Gasteiger partial charge < -0.3 is 14.2 Å². The molecule has 1 amide bonds. The van der Waals surface area contributed by atoms with Crippen LogP contribution >= 0.6 is 0 Å². The second-order valence-electron chi connectivity index (χ2n) is 6.83. The molecule has 2 saturated heterocycles. The maximum atomic E-state index is 12.3. The molecule has 0 radical (unpaired) electrons. The third kappa shape index (κ3) is 5.01. The van der Waals surface area contributed by atoms with Crippen molar-refractivity contribution in [1.82, 2.24) is 19.9 Å². The van der Waals surface area contributed by atoms with E-state index in [1.165, 1.54) is 12.8 Å². The number of amides is 1. The number of aromatic nitrogens is 2. The van der Waals surface area contributed by atoms with Crippen LogP contribution in [0.3, 0.4) is 0 Å². The molecule has 0 saturated carbocycles. The summed E-state index contributed by atoms with van der Waals surface area (Å²) in [6.07, 6.45) is 4.35. The number of ether oxygens (including phenoxy) is 1. The van der Waals surface area contributed by atoms with Crippen LogP contribution in [0.4, 0.5) is 0 Å². The van der Waals surface area contributed by atoms with Gasteiger partial charge in [-0.1, -0.05) is 5.16 Å². The van der Waals surface area contributed by atoms with E-state index in [1.54, 1.807) is 6.92 Å². The van der Waals surface area contributed by atoms with E-state index >= 15 is 0 Å². The second-order valence-corrected chi connectivity index (χ2v) is 6.83. The molecular formula is C17H28N4O3. The summed E-state index contributed by atoms with van der Waals surface area (Å²) in [5, 5.41) is 3.77. The molecule has 0 atom stereocenters. The van der Waals surface area contributed by atoms with Crippen LogP contribution in [0.2, 0.25) is 0 Å². The molecule has 3 heterocycles. The fraction of sp³-hybridized carbons (Fsp3) is 0.824. The summed E-state index contributed by atoms with van der Waals surface area (Å²) >= 11 is 0. The fourth-order valence-corrected chi connectivity index (χ4v) is 3.46. The van der Waals surface area contributed by atoms with E-state index in [0.717, 1.165) is 58.3 Å². The molecule has 2 fully saturated rings. The molecule has 2 aliphatic heterocycles. The Morgan fingerprint density at radius 1 is 1.21 bits per heavy atom. The second kappa shape index (κ2) is 8.58. The smallest absolute Gasteiger partial charge is 0.226 e. The maximum absolute atomic E-state index is 12.3. The van der Waals surface area contributed by atoms with E-state index in [0.29, 0.717) is 24.6 Å². The van der Waals surface area contributed by atoms with Crippen LogP contribution < -0.4 is 0 Å². The van der Waals surface area contributed by atoms with Gasteiger partial charge in [-0.2, -0.15) is 4.98 Å². The summed E-state index contributed by atoms with van der Waals surface area (Å²) in [4.78, 5) is 21.0. The Labute approximate surface area is 143 Å². The molecule has 0 bridgehead atoms. The van der Waals surface area contributed by atoms with Crippen molar-refractivity contribution in [3.8, 4) is 0 Å². The van der Waals surface area contributed by atoms with Gasteiger partial charge in [0.05, 0.1) is 0 Å². The number of piperazine rings is 1. The van der Waals surface area contributed by atoms with Crippen molar-refractivity contribution in [1.29, 1.82) is 0 Å². The van der Waals surface area contributed by atoms with Crippen molar-refractivity contribution in [3.05, 3.63) is 11.7 Å². The minimum absolute atomic E-state index is 0.247. The minimum atomic E-state index is 0.247. The van der Waals surface area contributed by atoms with Gasteiger partial charge in [-0.15, -0.1) is 0 Å². The molecule has 134 valence electrons. The Morgan fingerprint density at radius 3 is 2.62 bits per heavy atom. The lowest BCUT2D eigenvalue weighted by Gasteiger charge is -2.37. The largest absolute Gasteiger partial charge is 0.381 e. The van der Waals surface area contributed by atoms with Crippen LogP contribution in [0.5, 0.6) is 0 Å².